The van der Waals surface area contributed by atoms with Gasteiger partial charge in [0, 0.05) is 0 Å². The van der Waals surface area contributed by atoms with Gasteiger partial charge in [-0.05, 0) is 35.1 Å². The molecule has 0 saturated heterocycles. The lowest BCUT2D eigenvalue weighted by atomic mass is 10.0. The van der Waals surface area contributed by atoms with Gasteiger partial charge in [-0.1, -0.05) is 122 Å². The molecule has 4 bridgehead atoms. The standard InChI is InChI=1S/C26H24/c1-2-6-14-24-18-11-12-20-26(22-24)16-8-4-3-7-15-25-19-10-9-17-23(21-25)13-5-1/h1-20H,21-22H2/b2-1-,4-3-,5-1?,6-2?,7-3?,8-4?,13-5+,14-6+,15-7+,16-8+,23-13?,24-14?,25-15?,26-16?. The van der Waals surface area contributed by atoms with Crippen molar-refractivity contribution in [3.05, 3.63) is 144 Å². The molecule has 26 heavy (non-hydrogen) atoms. The minimum Gasteiger partial charge on any atom is -0.0623 e. The van der Waals surface area contributed by atoms with E-state index in [1.54, 1.807) is 0 Å². The summed E-state index contributed by atoms with van der Waals surface area (Å²) in [5, 5.41) is 0. The summed E-state index contributed by atoms with van der Waals surface area (Å²) in [5.41, 5.74) is 5.22. The van der Waals surface area contributed by atoms with E-state index < -0.39 is 0 Å². The highest BCUT2D eigenvalue weighted by atomic mass is 14.0. The van der Waals surface area contributed by atoms with Crippen LogP contribution in [0.5, 0.6) is 0 Å². The molecule has 0 unspecified atom stereocenters. The highest BCUT2D eigenvalue weighted by Gasteiger charge is 1.99. The van der Waals surface area contributed by atoms with Crippen molar-refractivity contribution in [2.45, 2.75) is 12.8 Å². The van der Waals surface area contributed by atoms with E-state index in [9.17, 15) is 0 Å². The molecule has 0 atom stereocenters. The van der Waals surface area contributed by atoms with Crippen molar-refractivity contribution < 1.29 is 0 Å². The van der Waals surface area contributed by atoms with Crippen LogP contribution in [0.4, 0.5) is 0 Å². The Morgan fingerprint density at radius 1 is 0.308 bits per heavy atom. The first kappa shape index (κ1) is 17.7. The average molecular weight is 336 g/mol. The third-order valence-electron chi connectivity index (χ3n) is 4.19. The van der Waals surface area contributed by atoms with Crippen LogP contribution in [0.2, 0.25) is 0 Å². The third-order valence-corrected chi connectivity index (χ3v) is 4.19. The van der Waals surface area contributed by atoms with Crippen molar-refractivity contribution in [2.75, 3.05) is 0 Å². The Bertz CT molecular complexity index is 721. The number of hydrogen-bond acceptors (Lipinski definition) is 0. The lowest BCUT2D eigenvalue weighted by Gasteiger charge is -2.01. The fraction of sp³-hybridized carbons (Fsp3) is 0.0769. The van der Waals surface area contributed by atoms with Crippen LogP contribution in [-0.4, -0.2) is 0 Å². The first-order valence-electron chi connectivity index (χ1n) is 9.06. The molecule has 0 nitrogen and oxygen atoms in total. The van der Waals surface area contributed by atoms with Crippen LogP contribution in [0.3, 0.4) is 0 Å². The molecular weight excluding hydrogens is 312 g/mol. The molecule has 0 aromatic heterocycles. The second-order valence-corrected chi connectivity index (χ2v) is 6.30. The lowest BCUT2D eigenvalue weighted by molar-refractivity contribution is 1.21. The van der Waals surface area contributed by atoms with Gasteiger partial charge in [-0.15, -0.1) is 0 Å². The van der Waals surface area contributed by atoms with Gasteiger partial charge in [-0.25, -0.2) is 0 Å². The van der Waals surface area contributed by atoms with Crippen molar-refractivity contribution >= 4 is 0 Å². The lowest BCUT2D eigenvalue weighted by Crippen LogP contribution is -1.82. The van der Waals surface area contributed by atoms with Gasteiger partial charge in [0.2, 0.25) is 0 Å². The van der Waals surface area contributed by atoms with E-state index in [0.717, 1.165) is 12.8 Å². The quantitative estimate of drug-likeness (QED) is 0.448. The summed E-state index contributed by atoms with van der Waals surface area (Å²) in [5.74, 6) is 0. The van der Waals surface area contributed by atoms with Gasteiger partial charge in [0.1, 0.15) is 0 Å². The van der Waals surface area contributed by atoms with Crippen molar-refractivity contribution in [1.29, 1.82) is 0 Å². The van der Waals surface area contributed by atoms with E-state index in [0.29, 0.717) is 0 Å². The Labute approximate surface area is 157 Å². The highest BCUT2D eigenvalue weighted by molar-refractivity contribution is 5.42. The molecule has 0 fully saturated rings. The fourth-order valence-electron chi connectivity index (χ4n) is 2.85. The maximum atomic E-state index is 2.18. The molecule has 3 aliphatic carbocycles. The molecule has 0 saturated carbocycles. The summed E-state index contributed by atoms with van der Waals surface area (Å²) in [6, 6.07) is 0. The number of hydrogen-bond donors (Lipinski definition) is 0. The SMILES string of the molecule is C1=CC=C2/C=C/C=C\C=C\C3=CC=CC=C(/C=C/C=C\C=C\C(=C1)C2)C3. The van der Waals surface area contributed by atoms with E-state index in [1.165, 1.54) is 22.3 Å². The van der Waals surface area contributed by atoms with Gasteiger partial charge < -0.3 is 0 Å². The Balaban J connectivity index is 1.85. The number of fused-ring (bicyclic) bond motifs is 4. The van der Waals surface area contributed by atoms with Crippen molar-refractivity contribution in [3.63, 3.8) is 0 Å². The van der Waals surface area contributed by atoms with Crippen LogP contribution < -0.4 is 0 Å². The molecule has 3 aliphatic rings. The molecule has 128 valence electrons. The van der Waals surface area contributed by atoms with Crippen LogP contribution in [0.1, 0.15) is 12.8 Å². The van der Waals surface area contributed by atoms with Crippen molar-refractivity contribution in [3.8, 4) is 0 Å². The molecule has 0 amide bonds. The van der Waals surface area contributed by atoms with Gasteiger partial charge in [-0.3, -0.25) is 0 Å². The summed E-state index contributed by atoms with van der Waals surface area (Å²) in [6.45, 7) is 0. The van der Waals surface area contributed by atoms with Crippen LogP contribution in [0, 0.1) is 0 Å². The predicted octanol–water partition coefficient (Wildman–Crippen LogP) is 6.96. The molecule has 0 spiro atoms. The van der Waals surface area contributed by atoms with E-state index in [2.05, 4.69) is 122 Å². The first-order valence-corrected chi connectivity index (χ1v) is 9.06. The van der Waals surface area contributed by atoms with Gasteiger partial charge in [-0.2, -0.15) is 0 Å². The Morgan fingerprint density at radius 2 is 0.577 bits per heavy atom. The smallest absolute Gasteiger partial charge is 0.00258 e. The Kier molecular flexibility index (Phi) is 6.81. The first-order chi connectivity index (χ1) is 12.9. The average Bonchev–Trinajstić information content (AvgIpc) is 3.01. The van der Waals surface area contributed by atoms with Gasteiger partial charge in [0.05, 0.1) is 0 Å². The molecule has 0 aromatic rings. The largest absolute Gasteiger partial charge is 0.0623 e. The zero-order valence-corrected chi connectivity index (χ0v) is 15.0. The molecule has 0 radical (unpaired) electrons. The van der Waals surface area contributed by atoms with E-state index in [4.69, 9.17) is 0 Å². The maximum Gasteiger partial charge on any atom is -0.00258 e. The summed E-state index contributed by atoms with van der Waals surface area (Å²) >= 11 is 0. The second-order valence-electron chi connectivity index (χ2n) is 6.30. The molecule has 3 rings (SSSR count). The zero-order chi connectivity index (χ0) is 17.9. The molecule has 0 heterocycles. The minimum atomic E-state index is 0.943. The molecule has 0 aliphatic heterocycles. The monoisotopic (exact) mass is 336 g/mol. The van der Waals surface area contributed by atoms with Crippen molar-refractivity contribution in [1.82, 2.24) is 0 Å². The van der Waals surface area contributed by atoms with Crippen LogP contribution in [0.25, 0.3) is 0 Å². The second kappa shape index (κ2) is 10.0. The van der Waals surface area contributed by atoms with Crippen molar-refractivity contribution in [2.24, 2.45) is 0 Å². The molecule has 0 heteroatoms. The van der Waals surface area contributed by atoms with Crippen LogP contribution >= 0.6 is 0 Å². The normalized spacial score (nSPS) is 27.1. The predicted molar refractivity (Wildman–Crippen MR) is 115 cm³/mol. The van der Waals surface area contributed by atoms with Crippen LogP contribution in [0.15, 0.2) is 144 Å². The fourth-order valence-corrected chi connectivity index (χ4v) is 2.85. The van der Waals surface area contributed by atoms with Gasteiger partial charge in [0.25, 0.3) is 0 Å². The molecular formula is C26H24. The maximum absolute atomic E-state index is 2.18. The topological polar surface area (TPSA) is 0 Å². The minimum absolute atomic E-state index is 0.943. The summed E-state index contributed by atoms with van der Waals surface area (Å²) < 4.78 is 0. The van der Waals surface area contributed by atoms with E-state index >= 15 is 0 Å². The Morgan fingerprint density at radius 3 is 0.846 bits per heavy atom. The Hall–Kier alpha value is -3.12. The summed E-state index contributed by atoms with van der Waals surface area (Å²) in [7, 11) is 0. The van der Waals surface area contributed by atoms with E-state index in [-0.39, 0.29) is 0 Å². The van der Waals surface area contributed by atoms with E-state index in [1.807, 2.05) is 0 Å². The molecule has 0 N–H and O–H groups in total. The van der Waals surface area contributed by atoms with Crippen LogP contribution in [-0.2, 0) is 0 Å². The summed E-state index contributed by atoms with van der Waals surface area (Å²) in [6.07, 6.45) is 44.4. The number of rotatable bonds is 0. The van der Waals surface area contributed by atoms with Gasteiger partial charge in [0.15, 0.2) is 0 Å². The highest BCUT2D eigenvalue weighted by Crippen LogP contribution is 2.19. The van der Waals surface area contributed by atoms with Gasteiger partial charge >= 0.3 is 0 Å². The molecule has 0 aromatic carbocycles. The third kappa shape index (κ3) is 6.07. The summed E-state index contributed by atoms with van der Waals surface area (Å²) in [4.78, 5) is 0. The number of allylic oxidation sites excluding steroid dienone is 24. The zero-order valence-electron chi connectivity index (χ0n) is 15.0.